The number of anilines is 1. The fourth-order valence-corrected chi connectivity index (χ4v) is 4.34. The van der Waals surface area contributed by atoms with Crippen LogP contribution in [-0.4, -0.2) is 60.9 Å². The summed E-state index contributed by atoms with van der Waals surface area (Å²) in [4.78, 5) is 40.3. The molecule has 1 aromatic rings. The molecule has 4 aliphatic heterocycles. The van der Waals surface area contributed by atoms with Crippen molar-refractivity contribution >= 4 is 35.8 Å². The van der Waals surface area contributed by atoms with Gasteiger partial charge in [-0.05, 0) is 24.1 Å². The highest BCUT2D eigenvalue weighted by Gasteiger charge is 2.40. The zero-order chi connectivity index (χ0) is 17.8. The third kappa shape index (κ3) is 2.83. The number of piperazine rings is 1. The molecule has 9 heteroatoms. The van der Waals surface area contributed by atoms with Crippen molar-refractivity contribution in [3.05, 3.63) is 23.3 Å². The highest BCUT2D eigenvalue weighted by molar-refractivity contribution is 6.05. The SMILES string of the molecule is Cl.O=C1CC[C@H](N2Cc3cc4c(cc3C2=O)OC[C@H]2CNCCN42)C(=O)N1. The highest BCUT2D eigenvalue weighted by Crippen LogP contribution is 2.40. The smallest absolute Gasteiger partial charge is 0.255 e. The number of nitrogens with one attached hydrogen (secondary N) is 2. The monoisotopic (exact) mass is 392 g/mol. The number of halogens is 1. The summed E-state index contributed by atoms with van der Waals surface area (Å²) in [6.07, 6.45) is 0.638. The Bertz CT molecular complexity index is 830. The number of benzene rings is 1. The highest BCUT2D eigenvalue weighted by atomic mass is 35.5. The van der Waals surface area contributed by atoms with Crippen LogP contribution in [0.3, 0.4) is 0 Å². The van der Waals surface area contributed by atoms with Gasteiger partial charge in [0.25, 0.3) is 5.91 Å². The maximum absolute atomic E-state index is 12.9. The van der Waals surface area contributed by atoms with Crippen molar-refractivity contribution in [2.24, 2.45) is 0 Å². The van der Waals surface area contributed by atoms with Gasteiger partial charge < -0.3 is 19.9 Å². The summed E-state index contributed by atoms with van der Waals surface area (Å²) in [6, 6.07) is 3.57. The van der Waals surface area contributed by atoms with E-state index < -0.39 is 6.04 Å². The van der Waals surface area contributed by atoms with Crippen molar-refractivity contribution in [2.45, 2.75) is 31.5 Å². The maximum atomic E-state index is 12.9. The molecule has 5 rings (SSSR count). The van der Waals surface area contributed by atoms with E-state index in [9.17, 15) is 14.4 Å². The summed E-state index contributed by atoms with van der Waals surface area (Å²) < 4.78 is 5.91. The van der Waals surface area contributed by atoms with E-state index in [0.29, 0.717) is 31.2 Å². The lowest BCUT2D eigenvalue weighted by atomic mass is 10.0. The van der Waals surface area contributed by atoms with E-state index in [1.165, 1.54) is 0 Å². The first-order valence-corrected chi connectivity index (χ1v) is 9.03. The van der Waals surface area contributed by atoms with Crippen molar-refractivity contribution in [3.8, 4) is 5.75 Å². The second-order valence-corrected chi connectivity index (χ2v) is 7.24. The van der Waals surface area contributed by atoms with E-state index in [-0.39, 0.29) is 36.5 Å². The Hall–Kier alpha value is -2.32. The molecule has 0 aliphatic carbocycles. The van der Waals surface area contributed by atoms with Gasteiger partial charge in [0.2, 0.25) is 11.8 Å². The molecule has 2 fully saturated rings. The van der Waals surface area contributed by atoms with Gasteiger partial charge >= 0.3 is 0 Å². The molecule has 2 N–H and O–H groups in total. The number of nitrogens with zero attached hydrogens (tertiary/aromatic N) is 2. The average Bonchev–Trinajstić information content (AvgIpc) is 2.96. The van der Waals surface area contributed by atoms with Gasteiger partial charge in [0.15, 0.2) is 0 Å². The predicted molar refractivity (Wildman–Crippen MR) is 99.2 cm³/mol. The maximum Gasteiger partial charge on any atom is 0.255 e. The summed E-state index contributed by atoms with van der Waals surface area (Å²) >= 11 is 0. The molecule has 0 bridgehead atoms. The molecule has 2 saturated heterocycles. The number of carbonyl (C=O) groups excluding carboxylic acids is 3. The quantitative estimate of drug-likeness (QED) is 0.656. The first-order chi connectivity index (χ1) is 12.6. The zero-order valence-electron chi connectivity index (χ0n) is 14.7. The lowest BCUT2D eigenvalue weighted by Crippen LogP contribution is -2.55. The van der Waals surface area contributed by atoms with Crippen LogP contribution in [0.1, 0.15) is 28.8 Å². The van der Waals surface area contributed by atoms with Crippen molar-refractivity contribution < 1.29 is 19.1 Å². The lowest BCUT2D eigenvalue weighted by molar-refractivity contribution is -0.136. The van der Waals surface area contributed by atoms with Gasteiger partial charge in [0.1, 0.15) is 18.4 Å². The molecule has 8 nitrogen and oxygen atoms in total. The fraction of sp³-hybridized carbons (Fsp3) is 0.500. The van der Waals surface area contributed by atoms with Gasteiger partial charge in [-0.15, -0.1) is 12.4 Å². The Morgan fingerprint density at radius 3 is 2.81 bits per heavy atom. The summed E-state index contributed by atoms with van der Waals surface area (Å²) in [6.45, 7) is 3.71. The molecule has 0 spiro atoms. The minimum atomic E-state index is -0.586. The molecule has 0 aromatic heterocycles. The predicted octanol–water partition coefficient (Wildman–Crippen LogP) is 0.0400. The number of hydrogen-bond donors (Lipinski definition) is 2. The zero-order valence-corrected chi connectivity index (χ0v) is 15.5. The van der Waals surface area contributed by atoms with E-state index in [1.807, 2.05) is 12.1 Å². The Balaban J connectivity index is 0.00000180. The van der Waals surface area contributed by atoms with Crippen LogP contribution in [0.2, 0.25) is 0 Å². The average molecular weight is 393 g/mol. The Morgan fingerprint density at radius 2 is 2.00 bits per heavy atom. The first kappa shape index (κ1) is 18.1. The number of rotatable bonds is 1. The van der Waals surface area contributed by atoms with Crippen LogP contribution < -0.4 is 20.3 Å². The number of hydrogen-bond acceptors (Lipinski definition) is 6. The van der Waals surface area contributed by atoms with Crippen LogP contribution >= 0.6 is 12.4 Å². The minimum absolute atomic E-state index is 0. The molecule has 144 valence electrons. The fourth-order valence-electron chi connectivity index (χ4n) is 4.34. The first-order valence-electron chi connectivity index (χ1n) is 9.03. The van der Waals surface area contributed by atoms with Gasteiger partial charge in [-0.1, -0.05) is 0 Å². The van der Waals surface area contributed by atoms with E-state index in [1.54, 1.807) is 4.90 Å². The molecule has 0 saturated carbocycles. The number of piperidine rings is 1. The number of imide groups is 1. The van der Waals surface area contributed by atoms with Crippen LogP contribution in [0.25, 0.3) is 0 Å². The number of ether oxygens (including phenoxy) is 1. The molecule has 27 heavy (non-hydrogen) atoms. The van der Waals surface area contributed by atoms with Crippen LogP contribution in [0.5, 0.6) is 5.75 Å². The third-order valence-corrected chi connectivity index (χ3v) is 5.69. The largest absolute Gasteiger partial charge is 0.489 e. The topological polar surface area (TPSA) is 91.0 Å². The van der Waals surface area contributed by atoms with E-state index in [0.717, 1.165) is 36.6 Å². The van der Waals surface area contributed by atoms with Crippen molar-refractivity contribution in [2.75, 3.05) is 31.1 Å². The molecule has 3 amide bonds. The molecule has 0 radical (unpaired) electrons. The van der Waals surface area contributed by atoms with Gasteiger partial charge in [-0.2, -0.15) is 0 Å². The van der Waals surface area contributed by atoms with Gasteiger partial charge in [0, 0.05) is 38.2 Å². The number of fused-ring (bicyclic) bond motifs is 4. The van der Waals surface area contributed by atoms with Crippen LogP contribution in [0.15, 0.2) is 12.1 Å². The molecule has 1 aromatic carbocycles. The molecular weight excluding hydrogens is 372 g/mol. The van der Waals surface area contributed by atoms with E-state index in [4.69, 9.17) is 4.74 Å². The van der Waals surface area contributed by atoms with Crippen molar-refractivity contribution in [1.82, 2.24) is 15.5 Å². The molecule has 2 atom stereocenters. The van der Waals surface area contributed by atoms with Crippen LogP contribution in [0.4, 0.5) is 5.69 Å². The third-order valence-electron chi connectivity index (χ3n) is 5.69. The lowest BCUT2D eigenvalue weighted by Gasteiger charge is -2.42. The number of amides is 3. The molecule has 4 aliphatic rings. The summed E-state index contributed by atoms with van der Waals surface area (Å²) in [5.41, 5.74) is 2.54. The minimum Gasteiger partial charge on any atom is -0.489 e. The molecule has 0 unspecified atom stereocenters. The second-order valence-electron chi connectivity index (χ2n) is 7.24. The van der Waals surface area contributed by atoms with Crippen LogP contribution in [-0.2, 0) is 16.1 Å². The van der Waals surface area contributed by atoms with Gasteiger partial charge in [-0.3, -0.25) is 19.7 Å². The Labute approximate surface area is 162 Å². The second kappa shape index (κ2) is 6.69. The normalized spacial score (nSPS) is 26.4. The van der Waals surface area contributed by atoms with E-state index in [2.05, 4.69) is 15.5 Å². The van der Waals surface area contributed by atoms with Crippen LogP contribution in [0, 0.1) is 0 Å². The van der Waals surface area contributed by atoms with Gasteiger partial charge in [-0.25, -0.2) is 0 Å². The molecular formula is C18H21ClN4O4. The molecule has 4 heterocycles. The summed E-state index contributed by atoms with van der Waals surface area (Å²) in [7, 11) is 0. The summed E-state index contributed by atoms with van der Waals surface area (Å²) in [5.74, 6) is -0.0849. The van der Waals surface area contributed by atoms with E-state index >= 15 is 0 Å². The standard InChI is InChI=1S/C18H20N4O4.ClH/c23-16-2-1-13(17(24)20-16)22-8-10-5-14-15(6-12(10)18(22)25)26-9-11-7-19-3-4-21(11)14;/h5-6,11,13,19H,1-4,7-9H2,(H,20,23,24);1H/t11-,13+;/m1./s1. The number of carbonyl (C=O) groups is 3. The van der Waals surface area contributed by atoms with Crippen molar-refractivity contribution in [3.63, 3.8) is 0 Å². The summed E-state index contributed by atoms with van der Waals surface area (Å²) in [5, 5.41) is 5.71. The van der Waals surface area contributed by atoms with Crippen molar-refractivity contribution in [1.29, 1.82) is 0 Å². The van der Waals surface area contributed by atoms with Gasteiger partial charge in [0.05, 0.1) is 11.7 Å². The Kier molecular flexibility index (Phi) is 4.47. The Morgan fingerprint density at radius 1 is 1.15 bits per heavy atom.